The van der Waals surface area contributed by atoms with Crippen LogP contribution in [0, 0.1) is 33.2 Å². The topological polar surface area (TPSA) is 261 Å². The van der Waals surface area contributed by atoms with Crippen molar-refractivity contribution < 1.29 is 112 Å². The van der Waals surface area contributed by atoms with E-state index >= 15 is 0 Å². The molecular formula is C5H4F3KN3O10P3. The molecule has 0 aromatic heterocycles. The van der Waals surface area contributed by atoms with Gasteiger partial charge in [-0.15, -0.1) is 12.6 Å². The summed E-state index contributed by atoms with van der Waals surface area (Å²) in [6.07, 6.45) is 0. The van der Waals surface area contributed by atoms with Crippen LogP contribution in [0.5, 0.6) is 0 Å². The maximum absolute atomic E-state index is 10.9. The van der Waals surface area contributed by atoms with Crippen molar-refractivity contribution >= 4 is 35.0 Å². The first-order chi connectivity index (χ1) is 10.3. The molecule has 3 unspecified atom stereocenters. The zero-order valence-corrected chi connectivity index (χ0v) is 17.4. The molecule has 0 aromatic rings. The molecule has 20 heteroatoms. The Bertz CT molecular complexity index is 605. The van der Waals surface area contributed by atoms with Gasteiger partial charge in [0.25, 0.3) is 0 Å². The van der Waals surface area contributed by atoms with E-state index in [2.05, 4.69) is 0 Å². The molecule has 0 radical (unpaired) electrons. The molecule has 25 heavy (non-hydrogen) atoms. The van der Waals surface area contributed by atoms with Crippen molar-refractivity contribution in [2.75, 3.05) is 0 Å². The molecule has 0 heterocycles. The van der Waals surface area contributed by atoms with Crippen molar-refractivity contribution in [1.29, 1.82) is 15.8 Å². The van der Waals surface area contributed by atoms with E-state index in [9.17, 15) is 12.6 Å². The quantitative estimate of drug-likeness (QED) is 0.159. The van der Waals surface area contributed by atoms with E-state index in [4.69, 9.17) is 64.0 Å². The van der Waals surface area contributed by atoms with Gasteiger partial charge in [-0.1, -0.05) is 0 Å². The maximum atomic E-state index is 10.9. The van der Waals surface area contributed by atoms with Crippen molar-refractivity contribution in [1.82, 2.24) is 0 Å². The average molecular weight is 455 g/mol. The fourth-order valence-electron chi connectivity index (χ4n) is 0. The number of hydrogen-bond donors (Lipinski definition) is 4. The van der Waals surface area contributed by atoms with E-state index in [0.29, 0.717) is 17.4 Å². The van der Waals surface area contributed by atoms with E-state index in [0.717, 1.165) is 0 Å². The number of carboxylic acids is 2. The van der Waals surface area contributed by atoms with Crippen LogP contribution in [0.1, 0.15) is 0 Å². The van der Waals surface area contributed by atoms with E-state index in [1.807, 2.05) is 0 Å². The number of halogens is 3. The fraction of sp³-hybridized carbons (Fsp3) is 0. The summed E-state index contributed by atoms with van der Waals surface area (Å²) in [5, 5.41) is 38.1. The second-order valence-electron chi connectivity index (χ2n) is 2.40. The summed E-state index contributed by atoms with van der Waals surface area (Å²) in [5.41, 5.74) is 0. The van der Waals surface area contributed by atoms with Gasteiger partial charge in [0, 0.05) is 0 Å². The van der Waals surface area contributed by atoms with Gasteiger partial charge in [0.2, 0.25) is 0 Å². The minimum atomic E-state index is -4.84. The predicted octanol–water partition coefficient (Wildman–Crippen LogP) is -3.31. The van der Waals surface area contributed by atoms with Gasteiger partial charge in [-0.25, -0.2) is 18.5 Å². The molecule has 0 aliphatic rings. The third kappa shape index (κ3) is 69.7. The van der Waals surface area contributed by atoms with Gasteiger partial charge in [0.15, 0.2) is 23.4 Å². The molecule has 0 aliphatic heterocycles. The molecule has 0 fully saturated rings. The Hall–Kier alpha value is -0.594. The van der Waals surface area contributed by atoms with Crippen LogP contribution < -0.4 is 56.5 Å². The van der Waals surface area contributed by atoms with Crippen LogP contribution in [0.15, 0.2) is 0 Å². The van der Waals surface area contributed by atoms with Gasteiger partial charge < -0.3 is 29.7 Å². The van der Waals surface area contributed by atoms with Gasteiger partial charge in [0.05, 0.1) is 0 Å². The molecule has 0 amide bonds. The second-order valence-corrected chi connectivity index (χ2v) is 6.01. The summed E-state index contributed by atoms with van der Waals surface area (Å²) in [4.78, 5) is 40.1. The molecule has 13 nitrogen and oxygen atoms in total. The van der Waals surface area contributed by atoms with Crippen molar-refractivity contribution in [2.24, 2.45) is 0 Å². The number of carbonyl (C=O) groups is 2. The molecule has 0 aliphatic carbocycles. The SMILES string of the molecule is N#CP(=O)(O)F.N#CP(=O)(O)F.N#CP(=O)(O)F.O=C([O-])C(=O)O.[K+]. The third-order valence-electron chi connectivity index (χ3n) is 0.545. The summed E-state index contributed by atoms with van der Waals surface area (Å²) in [6.45, 7) is 0. The summed E-state index contributed by atoms with van der Waals surface area (Å²) in [5.74, 6) is -2.36. The number of hydrogen-bond acceptors (Lipinski definition) is 9. The average Bonchev–Trinajstić information content (AvgIpc) is 2.38. The van der Waals surface area contributed by atoms with E-state index in [-0.39, 0.29) is 51.4 Å². The number of nitrogens with zero attached hydrogens (tertiary/aromatic N) is 3. The number of carboxylic acid groups (broad SMARTS) is 2. The number of aliphatic carboxylic acids is 2. The molecule has 0 bridgehead atoms. The Morgan fingerprint density at radius 1 is 0.800 bits per heavy atom. The Balaban J connectivity index is -0.0000000702. The molecule has 0 saturated carbocycles. The molecule has 136 valence electrons. The minimum Gasteiger partial charge on any atom is -0.539 e. The van der Waals surface area contributed by atoms with Crippen molar-refractivity contribution in [2.45, 2.75) is 0 Å². The summed E-state index contributed by atoms with van der Waals surface area (Å²) in [6, 6.07) is 0. The molecule has 0 aromatic carbocycles. The van der Waals surface area contributed by atoms with Crippen LogP contribution in [-0.2, 0) is 23.3 Å². The Morgan fingerprint density at radius 2 is 0.880 bits per heavy atom. The third-order valence-corrected chi connectivity index (χ3v) is 1.28. The van der Waals surface area contributed by atoms with Gasteiger partial charge in [-0.3, -0.25) is 0 Å². The molecule has 0 saturated heterocycles. The standard InChI is InChI=1S/C2H2O4.3CHFNO2P.K/c3-1(4)2(5)6;3*2-6(4,5)1-3;/h(H,3,4)(H,5,6);3*(H,4,5);/q;;;;+1/p-1. The fourth-order valence-corrected chi connectivity index (χ4v) is 0. The van der Waals surface area contributed by atoms with Gasteiger partial charge in [-0.05, 0) is 0 Å². The molecule has 4 N–H and O–H groups in total. The first kappa shape index (κ1) is 35.5. The Labute approximate surface area is 179 Å². The van der Waals surface area contributed by atoms with Gasteiger partial charge >= 0.3 is 80.4 Å². The van der Waals surface area contributed by atoms with Crippen LogP contribution in [0.4, 0.5) is 12.6 Å². The Morgan fingerprint density at radius 3 is 0.880 bits per heavy atom. The van der Waals surface area contributed by atoms with Crippen molar-refractivity contribution in [3.8, 4) is 17.4 Å². The predicted molar refractivity (Wildman–Crippen MR) is 62.3 cm³/mol. The molecule has 3 atom stereocenters. The van der Waals surface area contributed by atoms with Gasteiger partial charge in [-0.2, -0.15) is 15.8 Å². The van der Waals surface area contributed by atoms with Crippen LogP contribution in [-0.4, -0.2) is 31.7 Å². The number of nitriles is 3. The first-order valence-corrected chi connectivity index (χ1v) is 8.73. The van der Waals surface area contributed by atoms with Crippen molar-refractivity contribution in [3.05, 3.63) is 0 Å². The van der Waals surface area contributed by atoms with E-state index in [1.165, 1.54) is 0 Å². The number of rotatable bonds is 0. The van der Waals surface area contributed by atoms with Crippen molar-refractivity contribution in [3.63, 3.8) is 0 Å². The first-order valence-electron chi connectivity index (χ1n) is 4.08. The van der Waals surface area contributed by atoms with Crippen LogP contribution in [0.3, 0.4) is 0 Å². The zero-order chi connectivity index (χ0) is 20.8. The zero-order valence-electron chi connectivity index (χ0n) is 11.6. The monoisotopic (exact) mass is 455 g/mol. The number of carbonyl (C=O) groups excluding carboxylic acids is 1. The summed E-state index contributed by atoms with van der Waals surface area (Å²) in [7, 11) is -14.5. The summed E-state index contributed by atoms with van der Waals surface area (Å²) < 4.78 is 59.9. The van der Waals surface area contributed by atoms with E-state index in [1.54, 1.807) is 0 Å². The largest absolute Gasteiger partial charge is 1.00 e. The maximum Gasteiger partial charge on any atom is 1.00 e. The molecule has 0 rings (SSSR count). The Kier molecular flexibility index (Phi) is 23.9. The minimum absolute atomic E-state index is 0. The summed E-state index contributed by atoms with van der Waals surface area (Å²) >= 11 is 0. The molecular weight excluding hydrogens is 451 g/mol. The smallest absolute Gasteiger partial charge is 0.539 e. The van der Waals surface area contributed by atoms with Crippen LogP contribution in [0.2, 0.25) is 0 Å². The normalized spacial score (nSPS) is 14.8. The van der Waals surface area contributed by atoms with Gasteiger partial charge in [0.1, 0.15) is 0 Å². The van der Waals surface area contributed by atoms with E-state index < -0.39 is 35.0 Å². The second kappa shape index (κ2) is 16.9. The molecule has 0 spiro atoms. The van der Waals surface area contributed by atoms with Crippen LogP contribution >= 0.6 is 23.0 Å². The van der Waals surface area contributed by atoms with Crippen LogP contribution in [0.25, 0.3) is 0 Å².